The lowest BCUT2D eigenvalue weighted by atomic mass is 10.2. The zero-order valence-electron chi connectivity index (χ0n) is 13.1. The molecule has 0 aliphatic carbocycles. The summed E-state index contributed by atoms with van der Waals surface area (Å²) in [5.74, 6) is 1.79. The predicted molar refractivity (Wildman–Crippen MR) is 101 cm³/mol. The quantitative estimate of drug-likeness (QED) is 0.493. The maximum absolute atomic E-state index is 6.09. The standard InChI is InChI=1S/C17H12Cl2N4OS/c1-9-8-25-17-14(9)16(22-15(23-17)13-4-5-21-24-13)20-7-10-2-3-11(18)12(19)6-10/h2-6,8H,7H2,1H3,(H,20,22,23). The molecule has 0 spiro atoms. The van der Waals surface area contributed by atoms with Gasteiger partial charge < -0.3 is 9.84 Å². The minimum absolute atomic E-state index is 0.503. The third kappa shape index (κ3) is 3.20. The van der Waals surface area contributed by atoms with Gasteiger partial charge in [-0.05, 0) is 35.6 Å². The number of hydrogen-bond acceptors (Lipinski definition) is 6. The van der Waals surface area contributed by atoms with Crippen molar-refractivity contribution in [3.63, 3.8) is 0 Å². The van der Waals surface area contributed by atoms with Gasteiger partial charge in [-0.15, -0.1) is 11.3 Å². The fraction of sp³-hybridized carbons (Fsp3) is 0.118. The largest absolute Gasteiger partial charge is 0.365 e. The van der Waals surface area contributed by atoms with E-state index in [0.29, 0.717) is 28.2 Å². The SMILES string of the molecule is Cc1csc2nc(-c3ccno3)nc(NCc3ccc(Cl)c(Cl)c3)c12. The van der Waals surface area contributed by atoms with E-state index in [2.05, 4.69) is 25.8 Å². The Kier molecular flexibility index (Phi) is 4.33. The van der Waals surface area contributed by atoms with Crippen LogP contribution in [0, 0.1) is 6.92 Å². The molecule has 4 aromatic rings. The van der Waals surface area contributed by atoms with Crippen LogP contribution in [-0.4, -0.2) is 15.1 Å². The van der Waals surface area contributed by atoms with Gasteiger partial charge in [-0.1, -0.05) is 34.4 Å². The minimum Gasteiger partial charge on any atom is -0.365 e. The number of benzene rings is 1. The van der Waals surface area contributed by atoms with Crippen LogP contribution in [0.3, 0.4) is 0 Å². The van der Waals surface area contributed by atoms with Crippen LogP contribution in [0.5, 0.6) is 0 Å². The van der Waals surface area contributed by atoms with Crippen molar-refractivity contribution in [3.05, 3.63) is 57.0 Å². The van der Waals surface area contributed by atoms with Crippen molar-refractivity contribution in [2.45, 2.75) is 13.5 Å². The smallest absolute Gasteiger partial charge is 0.204 e. The number of nitrogens with one attached hydrogen (secondary N) is 1. The van der Waals surface area contributed by atoms with E-state index in [1.807, 2.05) is 19.1 Å². The molecule has 3 aromatic heterocycles. The first-order valence-electron chi connectivity index (χ1n) is 7.46. The Morgan fingerprint density at radius 2 is 2.04 bits per heavy atom. The Morgan fingerprint density at radius 1 is 1.16 bits per heavy atom. The first kappa shape index (κ1) is 16.3. The number of rotatable bonds is 4. The van der Waals surface area contributed by atoms with E-state index in [9.17, 15) is 0 Å². The zero-order chi connectivity index (χ0) is 17.4. The normalized spacial score (nSPS) is 11.2. The summed E-state index contributed by atoms with van der Waals surface area (Å²) in [6.07, 6.45) is 1.57. The van der Waals surface area contributed by atoms with Crippen molar-refractivity contribution >= 4 is 50.6 Å². The molecular formula is C17H12Cl2N4OS. The fourth-order valence-electron chi connectivity index (χ4n) is 2.49. The van der Waals surface area contributed by atoms with E-state index in [-0.39, 0.29) is 0 Å². The van der Waals surface area contributed by atoms with Gasteiger partial charge in [0.25, 0.3) is 0 Å². The monoisotopic (exact) mass is 390 g/mol. The summed E-state index contributed by atoms with van der Waals surface area (Å²) in [6.45, 7) is 2.61. The number of halogens is 2. The second-order valence-corrected chi connectivity index (χ2v) is 7.15. The van der Waals surface area contributed by atoms with Gasteiger partial charge >= 0.3 is 0 Å². The number of aryl methyl sites for hydroxylation is 1. The van der Waals surface area contributed by atoms with Crippen molar-refractivity contribution in [2.24, 2.45) is 0 Å². The van der Waals surface area contributed by atoms with Gasteiger partial charge in [0, 0.05) is 12.6 Å². The van der Waals surface area contributed by atoms with Crippen molar-refractivity contribution in [2.75, 3.05) is 5.32 Å². The average molecular weight is 391 g/mol. The Hall–Kier alpha value is -2.15. The van der Waals surface area contributed by atoms with Crippen molar-refractivity contribution in [3.8, 4) is 11.6 Å². The summed E-state index contributed by atoms with van der Waals surface area (Å²) in [5, 5.41) is 11.2. The number of fused-ring (bicyclic) bond motifs is 1. The lowest BCUT2D eigenvalue weighted by Gasteiger charge is -2.09. The highest BCUT2D eigenvalue weighted by atomic mass is 35.5. The Balaban J connectivity index is 1.72. The molecular weight excluding hydrogens is 379 g/mol. The van der Waals surface area contributed by atoms with E-state index < -0.39 is 0 Å². The molecule has 0 saturated carbocycles. The predicted octanol–water partition coefficient (Wildman–Crippen LogP) is 5.57. The third-order valence-corrected chi connectivity index (χ3v) is 5.45. The van der Waals surface area contributed by atoms with Gasteiger partial charge in [-0.3, -0.25) is 0 Å². The minimum atomic E-state index is 0.503. The number of thiophene rings is 1. The summed E-state index contributed by atoms with van der Waals surface area (Å²) in [7, 11) is 0. The molecule has 0 aliphatic rings. The summed E-state index contributed by atoms with van der Waals surface area (Å²) < 4.78 is 5.19. The van der Waals surface area contributed by atoms with Crippen LogP contribution in [-0.2, 0) is 6.54 Å². The van der Waals surface area contributed by atoms with E-state index in [4.69, 9.17) is 27.7 Å². The van der Waals surface area contributed by atoms with E-state index >= 15 is 0 Å². The highest BCUT2D eigenvalue weighted by Gasteiger charge is 2.15. The molecule has 25 heavy (non-hydrogen) atoms. The average Bonchev–Trinajstić information content (AvgIpc) is 3.26. The van der Waals surface area contributed by atoms with Crippen LogP contribution in [0.4, 0.5) is 5.82 Å². The molecule has 5 nitrogen and oxygen atoms in total. The van der Waals surface area contributed by atoms with Gasteiger partial charge in [0.1, 0.15) is 10.6 Å². The fourth-order valence-corrected chi connectivity index (χ4v) is 3.73. The molecule has 8 heteroatoms. The van der Waals surface area contributed by atoms with Crippen LogP contribution in [0.2, 0.25) is 10.0 Å². The van der Waals surface area contributed by atoms with Crippen LogP contribution in [0.25, 0.3) is 21.8 Å². The van der Waals surface area contributed by atoms with Crippen LogP contribution < -0.4 is 5.32 Å². The highest BCUT2D eigenvalue weighted by Crippen LogP contribution is 2.32. The molecule has 0 radical (unpaired) electrons. The topological polar surface area (TPSA) is 63.8 Å². The Bertz CT molecular complexity index is 1050. The van der Waals surface area contributed by atoms with Gasteiger partial charge in [0.15, 0.2) is 0 Å². The molecule has 1 N–H and O–H groups in total. The molecule has 0 unspecified atom stereocenters. The van der Waals surface area contributed by atoms with Crippen LogP contribution in [0.1, 0.15) is 11.1 Å². The van der Waals surface area contributed by atoms with Gasteiger partial charge in [-0.2, -0.15) is 0 Å². The lowest BCUT2D eigenvalue weighted by Crippen LogP contribution is -2.04. The molecule has 0 saturated heterocycles. The van der Waals surface area contributed by atoms with Crippen LogP contribution >= 0.6 is 34.5 Å². The van der Waals surface area contributed by atoms with Crippen molar-refractivity contribution in [1.29, 1.82) is 0 Å². The molecule has 0 aliphatic heterocycles. The van der Waals surface area contributed by atoms with Crippen LogP contribution in [0.15, 0.2) is 40.4 Å². The molecule has 126 valence electrons. The number of nitrogens with zero attached hydrogens (tertiary/aromatic N) is 3. The van der Waals surface area contributed by atoms with Gasteiger partial charge in [0.2, 0.25) is 11.6 Å². The molecule has 3 heterocycles. The van der Waals surface area contributed by atoms with E-state index in [1.54, 1.807) is 29.7 Å². The second kappa shape index (κ2) is 6.63. The lowest BCUT2D eigenvalue weighted by molar-refractivity contribution is 0.430. The van der Waals surface area contributed by atoms with E-state index in [1.165, 1.54) is 0 Å². The molecule has 4 rings (SSSR count). The summed E-state index contributed by atoms with van der Waals surface area (Å²) >= 11 is 13.6. The Morgan fingerprint density at radius 3 is 2.80 bits per heavy atom. The second-order valence-electron chi connectivity index (χ2n) is 5.47. The number of aromatic nitrogens is 3. The highest BCUT2D eigenvalue weighted by molar-refractivity contribution is 7.17. The molecule has 1 aromatic carbocycles. The van der Waals surface area contributed by atoms with Crippen molar-refractivity contribution in [1.82, 2.24) is 15.1 Å². The summed E-state index contributed by atoms with van der Waals surface area (Å²) in [5.41, 5.74) is 2.14. The third-order valence-electron chi connectivity index (χ3n) is 3.72. The number of anilines is 1. The maximum Gasteiger partial charge on any atom is 0.204 e. The van der Waals surface area contributed by atoms with Gasteiger partial charge in [0.05, 0.1) is 21.6 Å². The number of hydrogen-bond donors (Lipinski definition) is 1. The summed E-state index contributed by atoms with van der Waals surface area (Å²) in [6, 6.07) is 7.29. The first-order valence-corrected chi connectivity index (χ1v) is 9.10. The molecule has 0 fully saturated rings. The van der Waals surface area contributed by atoms with Gasteiger partial charge in [-0.25, -0.2) is 9.97 Å². The molecule has 0 amide bonds. The Labute approximate surface area is 157 Å². The molecule has 0 atom stereocenters. The zero-order valence-corrected chi connectivity index (χ0v) is 15.4. The summed E-state index contributed by atoms with van der Waals surface area (Å²) in [4.78, 5) is 10.1. The maximum atomic E-state index is 6.09. The van der Waals surface area contributed by atoms with E-state index in [0.717, 1.165) is 27.2 Å². The molecule has 0 bridgehead atoms. The van der Waals surface area contributed by atoms with Crippen molar-refractivity contribution < 1.29 is 4.52 Å². The first-order chi connectivity index (χ1) is 12.1.